The first-order valence-electron chi connectivity index (χ1n) is 12.7. The molecule has 1 aromatic rings. The van der Waals surface area contributed by atoms with Gasteiger partial charge in [-0.25, -0.2) is 0 Å². The summed E-state index contributed by atoms with van der Waals surface area (Å²) in [5.41, 5.74) is 0. The van der Waals surface area contributed by atoms with Crippen molar-refractivity contribution in [1.29, 1.82) is 0 Å². The lowest BCUT2D eigenvalue weighted by Gasteiger charge is -2.36. The number of hydrogen-bond donors (Lipinski definition) is 0. The van der Waals surface area contributed by atoms with Gasteiger partial charge in [-0.1, -0.05) is 12.8 Å². The molecule has 4 heterocycles. The number of nitrogens with zero attached hydrogens (tertiary/aromatic N) is 6. The SMILES string of the molecule is COC(=O)CCCCCCN1CCN(c2cc(N3CCCC3)nc(N3CCCC3)n2)CC1. The van der Waals surface area contributed by atoms with Gasteiger partial charge in [0.15, 0.2) is 0 Å². The maximum atomic E-state index is 11.2. The monoisotopic (exact) mass is 444 g/mol. The second-order valence-corrected chi connectivity index (χ2v) is 9.34. The van der Waals surface area contributed by atoms with Crippen molar-refractivity contribution in [2.45, 2.75) is 57.8 Å². The fraction of sp³-hybridized carbons (Fsp3) is 0.792. The van der Waals surface area contributed by atoms with Crippen LogP contribution in [0, 0.1) is 0 Å². The summed E-state index contributed by atoms with van der Waals surface area (Å²) in [5.74, 6) is 3.05. The minimum Gasteiger partial charge on any atom is -0.469 e. The lowest BCUT2D eigenvalue weighted by molar-refractivity contribution is -0.140. The van der Waals surface area contributed by atoms with Gasteiger partial charge in [-0.05, 0) is 45.1 Å². The molecule has 3 aliphatic rings. The number of hydrogen-bond acceptors (Lipinski definition) is 8. The smallest absolute Gasteiger partial charge is 0.305 e. The highest BCUT2D eigenvalue weighted by Crippen LogP contribution is 2.27. The number of esters is 1. The molecular weight excluding hydrogens is 404 g/mol. The molecule has 178 valence electrons. The first-order valence-corrected chi connectivity index (χ1v) is 12.7. The van der Waals surface area contributed by atoms with E-state index in [1.165, 1.54) is 45.6 Å². The van der Waals surface area contributed by atoms with E-state index in [0.717, 1.165) is 89.3 Å². The maximum absolute atomic E-state index is 11.2. The van der Waals surface area contributed by atoms with E-state index in [1.807, 2.05) is 0 Å². The van der Waals surface area contributed by atoms with Gasteiger partial charge in [0.2, 0.25) is 5.95 Å². The molecule has 0 amide bonds. The third-order valence-electron chi connectivity index (χ3n) is 7.04. The van der Waals surface area contributed by atoms with E-state index in [0.29, 0.717) is 6.42 Å². The van der Waals surface area contributed by atoms with Crippen molar-refractivity contribution < 1.29 is 9.53 Å². The highest BCUT2D eigenvalue weighted by molar-refractivity contribution is 5.68. The van der Waals surface area contributed by atoms with Crippen LogP contribution in [0.2, 0.25) is 0 Å². The molecule has 3 fully saturated rings. The molecule has 3 aliphatic heterocycles. The lowest BCUT2D eigenvalue weighted by Crippen LogP contribution is -2.47. The van der Waals surface area contributed by atoms with Crippen LogP contribution in [0.4, 0.5) is 17.6 Å². The van der Waals surface area contributed by atoms with Gasteiger partial charge >= 0.3 is 5.97 Å². The van der Waals surface area contributed by atoms with E-state index < -0.39 is 0 Å². The van der Waals surface area contributed by atoms with Crippen LogP contribution in [0.1, 0.15) is 57.8 Å². The van der Waals surface area contributed by atoms with Crippen molar-refractivity contribution in [3.8, 4) is 0 Å². The number of carbonyl (C=O) groups is 1. The third kappa shape index (κ3) is 6.24. The van der Waals surface area contributed by atoms with Gasteiger partial charge in [-0.15, -0.1) is 0 Å². The van der Waals surface area contributed by atoms with Gasteiger partial charge in [-0.2, -0.15) is 9.97 Å². The molecule has 0 spiro atoms. The van der Waals surface area contributed by atoms with Crippen molar-refractivity contribution in [2.75, 3.05) is 80.7 Å². The molecule has 8 nitrogen and oxygen atoms in total. The number of methoxy groups -OCH3 is 1. The van der Waals surface area contributed by atoms with Crippen molar-refractivity contribution in [3.63, 3.8) is 0 Å². The highest BCUT2D eigenvalue weighted by Gasteiger charge is 2.24. The Labute approximate surface area is 192 Å². The molecule has 0 atom stereocenters. The first kappa shape index (κ1) is 23.1. The Morgan fingerprint density at radius 3 is 1.97 bits per heavy atom. The quantitative estimate of drug-likeness (QED) is 0.403. The summed E-state index contributed by atoms with van der Waals surface area (Å²) in [5, 5.41) is 0. The van der Waals surface area contributed by atoms with Gasteiger partial charge in [0.05, 0.1) is 7.11 Å². The van der Waals surface area contributed by atoms with Crippen LogP contribution in [0.5, 0.6) is 0 Å². The Hall–Kier alpha value is -2.09. The predicted octanol–water partition coefficient (Wildman–Crippen LogP) is 2.92. The molecule has 0 unspecified atom stereocenters. The standard InChI is InChI=1S/C24H40N6O2/c1-32-23(31)10-4-2-3-5-11-27-16-18-29(19-17-27)22-20-21(28-12-6-7-13-28)25-24(26-22)30-14-8-9-15-30/h20H,2-19H2,1H3. The minimum absolute atomic E-state index is 0.0911. The summed E-state index contributed by atoms with van der Waals surface area (Å²) in [6.07, 6.45) is 9.99. The molecule has 0 bridgehead atoms. The van der Waals surface area contributed by atoms with Crippen LogP contribution in [-0.2, 0) is 9.53 Å². The van der Waals surface area contributed by atoms with E-state index in [-0.39, 0.29) is 5.97 Å². The van der Waals surface area contributed by atoms with Gasteiger partial charge in [-0.3, -0.25) is 9.69 Å². The summed E-state index contributed by atoms with van der Waals surface area (Å²) < 4.78 is 4.70. The fourth-order valence-electron chi connectivity index (χ4n) is 5.00. The average Bonchev–Trinajstić information content (AvgIpc) is 3.56. The van der Waals surface area contributed by atoms with E-state index in [4.69, 9.17) is 14.7 Å². The summed E-state index contributed by atoms with van der Waals surface area (Å²) in [7, 11) is 1.46. The van der Waals surface area contributed by atoms with Gasteiger partial charge in [0.25, 0.3) is 0 Å². The Bertz CT molecular complexity index is 691. The summed E-state index contributed by atoms with van der Waals surface area (Å²) in [4.78, 5) is 31.0. The zero-order valence-corrected chi connectivity index (χ0v) is 19.8. The normalized spacial score (nSPS) is 19.7. The molecule has 0 saturated carbocycles. The molecule has 0 N–H and O–H groups in total. The van der Waals surface area contributed by atoms with Crippen LogP contribution in [0.3, 0.4) is 0 Å². The third-order valence-corrected chi connectivity index (χ3v) is 7.04. The predicted molar refractivity (Wildman–Crippen MR) is 129 cm³/mol. The Morgan fingerprint density at radius 1 is 0.781 bits per heavy atom. The van der Waals surface area contributed by atoms with E-state index in [9.17, 15) is 4.79 Å². The zero-order chi connectivity index (χ0) is 22.2. The van der Waals surface area contributed by atoms with Gasteiger partial charge < -0.3 is 19.4 Å². The van der Waals surface area contributed by atoms with Crippen molar-refractivity contribution in [2.24, 2.45) is 0 Å². The highest BCUT2D eigenvalue weighted by atomic mass is 16.5. The van der Waals surface area contributed by atoms with Crippen LogP contribution >= 0.6 is 0 Å². The molecule has 3 saturated heterocycles. The molecule has 4 rings (SSSR count). The van der Waals surface area contributed by atoms with Crippen LogP contribution in [-0.4, -0.2) is 86.8 Å². The topological polar surface area (TPSA) is 65.0 Å². The van der Waals surface area contributed by atoms with Gasteiger partial charge in [0, 0.05) is 64.8 Å². The molecular formula is C24H40N6O2. The van der Waals surface area contributed by atoms with E-state index in [1.54, 1.807) is 0 Å². The second-order valence-electron chi connectivity index (χ2n) is 9.34. The number of carbonyl (C=O) groups excluding carboxylic acids is 1. The molecule has 8 heteroatoms. The molecule has 0 aliphatic carbocycles. The van der Waals surface area contributed by atoms with Crippen molar-refractivity contribution in [1.82, 2.24) is 14.9 Å². The Morgan fingerprint density at radius 2 is 1.34 bits per heavy atom. The lowest BCUT2D eigenvalue weighted by atomic mass is 10.1. The minimum atomic E-state index is -0.0911. The Balaban J connectivity index is 1.27. The van der Waals surface area contributed by atoms with Crippen LogP contribution in [0.25, 0.3) is 0 Å². The van der Waals surface area contributed by atoms with Crippen LogP contribution in [0.15, 0.2) is 6.07 Å². The van der Waals surface area contributed by atoms with Gasteiger partial charge in [0.1, 0.15) is 11.6 Å². The van der Waals surface area contributed by atoms with Crippen molar-refractivity contribution >= 4 is 23.6 Å². The zero-order valence-electron chi connectivity index (χ0n) is 19.8. The van der Waals surface area contributed by atoms with E-state index in [2.05, 4.69) is 25.7 Å². The van der Waals surface area contributed by atoms with E-state index >= 15 is 0 Å². The number of piperazine rings is 1. The molecule has 32 heavy (non-hydrogen) atoms. The number of ether oxygens (including phenoxy) is 1. The molecule has 1 aromatic heterocycles. The first-order chi connectivity index (χ1) is 15.7. The Kier molecular flexibility index (Phi) is 8.42. The summed E-state index contributed by atoms with van der Waals surface area (Å²) in [6.45, 7) is 9.76. The second kappa shape index (κ2) is 11.7. The summed E-state index contributed by atoms with van der Waals surface area (Å²) >= 11 is 0. The number of rotatable bonds is 10. The number of aromatic nitrogens is 2. The number of unbranched alkanes of at least 4 members (excludes halogenated alkanes) is 3. The average molecular weight is 445 g/mol. The maximum Gasteiger partial charge on any atom is 0.305 e. The van der Waals surface area contributed by atoms with Crippen LogP contribution < -0.4 is 14.7 Å². The number of anilines is 3. The molecule has 0 radical (unpaired) electrons. The molecule has 0 aromatic carbocycles. The fourth-order valence-corrected chi connectivity index (χ4v) is 5.00. The largest absolute Gasteiger partial charge is 0.469 e. The van der Waals surface area contributed by atoms with Crippen molar-refractivity contribution in [3.05, 3.63) is 6.07 Å². The summed E-state index contributed by atoms with van der Waals surface area (Å²) in [6, 6.07) is 2.22.